The monoisotopic (exact) mass is 269 g/mol. The smallest absolute Gasteiger partial charge is 0.355 e. The number of likely N-dealkylation sites (N-methyl/N-ethyl adjacent to an activating group) is 1. The lowest BCUT2D eigenvalue weighted by Gasteiger charge is -2.20. The SMILES string of the molecule is COC(=O)C1=CC(c2ncc(C)s2)=NSN1C. The Balaban J connectivity index is 2.32. The Morgan fingerprint density at radius 1 is 1.53 bits per heavy atom. The summed E-state index contributed by atoms with van der Waals surface area (Å²) in [4.78, 5) is 16.9. The fourth-order valence-electron chi connectivity index (χ4n) is 1.26. The van der Waals surface area contributed by atoms with Crippen LogP contribution in [-0.2, 0) is 9.53 Å². The van der Waals surface area contributed by atoms with Crippen molar-refractivity contribution in [1.82, 2.24) is 9.29 Å². The van der Waals surface area contributed by atoms with Crippen molar-refractivity contribution >= 4 is 35.2 Å². The Kier molecular flexibility index (Phi) is 3.49. The molecule has 0 unspecified atom stereocenters. The molecule has 0 fully saturated rings. The molecule has 0 saturated heterocycles. The van der Waals surface area contributed by atoms with Crippen LogP contribution < -0.4 is 0 Å². The zero-order valence-corrected chi connectivity index (χ0v) is 11.3. The molecule has 90 valence electrons. The predicted octanol–water partition coefficient (Wildman–Crippen LogP) is 1.81. The van der Waals surface area contributed by atoms with E-state index in [2.05, 4.69) is 9.38 Å². The normalized spacial score (nSPS) is 15.4. The van der Waals surface area contributed by atoms with Gasteiger partial charge < -0.3 is 4.74 Å². The van der Waals surface area contributed by atoms with Crippen molar-refractivity contribution in [2.75, 3.05) is 14.2 Å². The van der Waals surface area contributed by atoms with E-state index in [9.17, 15) is 4.79 Å². The fourth-order valence-corrected chi connectivity index (χ4v) is 2.61. The second-order valence-corrected chi connectivity index (χ2v) is 5.48. The van der Waals surface area contributed by atoms with Crippen molar-refractivity contribution in [3.63, 3.8) is 0 Å². The molecular weight excluding hydrogens is 258 g/mol. The average Bonchev–Trinajstić information content (AvgIpc) is 2.75. The lowest BCUT2D eigenvalue weighted by molar-refractivity contribution is -0.137. The van der Waals surface area contributed by atoms with Gasteiger partial charge in [0.1, 0.15) is 16.4 Å². The van der Waals surface area contributed by atoms with Gasteiger partial charge in [-0.1, -0.05) is 0 Å². The number of ether oxygens (including phenoxy) is 1. The number of methoxy groups -OCH3 is 1. The third kappa shape index (κ3) is 2.50. The number of esters is 1. The molecule has 0 amide bonds. The molecule has 5 nitrogen and oxygen atoms in total. The van der Waals surface area contributed by atoms with Crippen molar-refractivity contribution in [2.45, 2.75) is 6.92 Å². The van der Waals surface area contributed by atoms with Gasteiger partial charge in [0, 0.05) is 18.1 Å². The molecule has 0 N–H and O–H groups in total. The van der Waals surface area contributed by atoms with Gasteiger partial charge in [0.05, 0.1) is 19.2 Å². The lowest BCUT2D eigenvalue weighted by Crippen LogP contribution is -2.22. The third-order valence-electron chi connectivity index (χ3n) is 2.11. The molecule has 0 atom stereocenters. The molecule has 1 aliphatic rings. The summed E-state index contributed by atoms with van der Waals surface area (Å²) in [7, 11) is 3.13. The summed E-state index contributed by atoms with van der Waals surface area (Å²) in [6, 6.07) is 0. The number of hydrogen-bond donors (Lipinski definition) is 0. The van der Waals surface area contributed by atoms with E-state index in [1.807, 2.05) is 6.92 Å². The average molecular weight is 269 g/mol. The number of hydrogen-bond acceptors (Lipinski definition) is 7. The van der Waals surface area contributed by atoms with E-state index in [0.29, 0.717) is 11.4 Å². The molecule has 0 bridgehead atoms. The molecule has 0 spiro atoms. The summed E-state index contributed by atoms with van der Waals surface area (Å²) in [5.41, 5.74) is 1.17. The van der Waals surface area contributed by atoms with E-state index in [4.69, 9.17) is 4.74 Å². The topological polar surface area (TPSA) is 54.8 Å². The fraction of sp³-hybridized carbons (Fsp3) is 0.300. The predicted molar refractivity (Wildman–Crippen MR) is 68.8 cm³/mol. The Morgan fingerprint density at radius 3 is 2.88 bits per heavy atom. The zero-order chi connectivity index (χ0) is 12.4. The molecule has 2 rings (SSSR count). The Bertz CT molecular complexity index is 507. The van der Waals surface area contributed by atoms with Crippen LogP contribution in [-0.4, -0.2) is 35.1 Å². The van der Waals surface area contributed by atoms with Gasteiger partial charge in [0.25, 0.3) is 0 Å². The van der Waals surface area contributed by atoms with Crippen LogP contribution in [0, 0.1) is 6.92 Å². The second kappa shape index (κ2) is 4.89. The number of thiazole rings is 1. The number of aromatic nitrogens is 1. The maximum atomic E-state index is 11.5. The first-order valence-corrected chi connectivity index (χ1v) is 6.38. The molecule has 2 heterocycles. The van der Waals surface area contributed by atoms with Gasteiger partial charge in [-0.2, -0.15) is 4.40 Å². The quantitative estimate of drug-likeness (QED) is 0.605. The first-order valence-electron chi connectivity index (χ1n) is 4.83. The van der Waals surface area contributed by atoms with Crippen LogP contribution in [0.3, 0.4) is 0 Å². The highest BCUT2D eigenvalue weighted by Crippen LogP contribution is 2.25. The van der Waals surface area contributed by atoms with E-state index in [1.54, 1.807) is 35.0 Å². The van der Waals surface area contributed by atoms with Crippen LogP contribution in [0.25, 0.3) is 0 Å². The highest BCUT2D eigenvalue weighted by atomic mass is 32.2. The molecular formula is C10H11N3O2S2. The minimum atomic E-state index is -0.374. The first-order chi connectivity index (χ1) is 8.11. The molecule has 0 aromatic carbocycles. The van der Waals surface area contributed by atoms with Gasteiger partial charge in [-0.3, -0.25) is 4.31 Å². The van der Waals surface area contributed by atoms with Gasteiger partial charge in [-0.05, 0) is 13.0 Å². The van der Waals surface area contributed by atoms with Gasteiger partial charge in [0.2, 0.25) is 0 Å². The molecule has 1 aliphatic heterocycles. The molecule has 1 aromatic heterocycles. The number of allylic oxidation sites excluding steroid dienone is 1. The number of carbonyl (C=O) groups excluding carboxylic acids is 1. The minimum Gasteiger partial charge on any atom is -0.464 e. The number of nitrogens with zero attached hydrogens (tertiary/aromatic N) is 3. The van der Waals surface area contributed by atoms with E-state index < -0.39 is 0 Å². The van der Waals surface area contributed by atoms with Crippen molar-refractivity contribution in [2.24, 2.45) is 4.40 Å². The van der Waals surface area contributed by atoms with Crippen molar-refractivity contribution in [3.05, 3.63) is 27.9 Å². The highest BCUT2D eigenvalue weighted by molar-refractivity contribution is 7.96. The van der Waals surface area contributed by atoms with Crippen molar-refractivity contribution < 1.29 is 9.53 Å². The molecule has 1 aromatic rings. The summed E-state index contributed by atoms with van der Waals surface area (Å²) < 4.78 is 10.7. The minimum absolute atomic E-state index is 0.374. The summed E-state index contributed by atoms with van der Waals surface area (Å²) in [6.07, 6.45) is 3.48. The first kappa shape index (κ1) is 12.1. The van der Waals surface area contributed by atoms with Crippen LogP contribution in [0.1, 0.15) is 9.88 Å². The summed E-state index contributed by atoms with van der Waals surface area (Å²) in [6.45, 7) is 1.98. The molecule has 0 radical (unpaired) electrons. The number of aryl methyl sites for hydroxylation is 1. The van der Waals surface area contributed by atoms with Crippen LogP contribution in [0.15, 0.2) is 22.4 Å². The largest absolute Gasteiger partial charge is 0.464 e. The maximum Gasteiger partial charge on any atom is 0.355 e. The van der Waals surface area contributed by atoms with Crippen LogP contribution >= 0.6 is 23.5 Å². The molecule has 7 heteroatoms. The van der Waals surface area contributed by atoms with Crippen molar-refractivity contribution in [3.8, 4) is 0 Å². The van der Waals surface area contributed by atoms with Crippen LogP contribution in [0.2, 0.25) is 0 Å². The van der Waals surface area contributed by atoms with Gasteiger partial charge in [-0.25, -0.2) is 9.78 Å². The van der Waals surface area contributed by atoms with E-state index in [0.717, 1.165) is 9.88 Å². The van der Waals surface area contributed by atoms with E-state index >= 15 is 0 Å². The summed E-state index contributed by atoms with van der Waals surface area (Å²) >= 11 is 2.75. The second-order valence-electron chi connectivity index (χ2n) is 3.35. The molecule has 17 heavy (non-hydrogen) atoms. The van der Waals surface area contributed by atoms with Crippen molar-refractivity contribution in [1.29, 1.82) is 0 Å². The third-order valence-corrected chi connectivity index (χ3v) is 3.76. The number of rotatable bonds is 2. The summed E-state index contributed by atoms with van der Waals surface area (Å²) in [5.74, 6) is -0.374. The molecule has 0 saturated carbocycles. The van der Waals surface area contributed by atoms with Gasteiger partial charge >= 0.3 is 5.97 Å². The Morgan fingerprint density at radius 2 is 2.29 bits per heavy atom. The standard InChI is InChI=1S/C10H11N3O2S2/c1-6-5-11-9(16-6)7-4-8(10(14)15-3)13(2)17-12-7/h4-5H,1-3H3. The number of carbonyl (C=O) groups is 1. The maximum absolute atomic E-state index is 11.5. The Hall–Kier alpha value is -1.34. The van der Waals surface area contributed by atoms with Crippen LogP contribution in [0.5, 0.6) is 0 Å². The zero-order valence-electron chi connectivity index (χ0n) is 9.63. The Labute approximate surface area is 107 Å². The summed E-state index contributed by atoms with van der Waals surface area (Å²) in [5, 5.41) is 0.810. The van der Waals surface area contributed by atoms with Gasteiger partial charge in [-0.15, -0.1) is 11.3 Å². The van der Waals surface area contributed by atoms with E-state index in [-0.39, 0.29) is 5.97 Å². The molecule has 0 aliphatic carbocycles. The highest BCUT2D eigenvalue weighted by Gasteiger charge is 2.22. The van der Waals surface area contributed by atoms with E-state index in [1.165, 1.54) is 19.2 Å². The lowest BCUT2D eigenvalue weighted by atomic mass is 10.3. The van der Waals surface area contributed by atoms with Crippen LogP contribution in [0.4, 0.5) is 0 Å². The van der Waals surface area contributed by atoms with Gasteiger partial charge in [0.15, 0.2) is 0 Å².